The number of hydrogen-bond donors (Lipinski definition) is 1. The molecule has 4 saturated carbocycles. The van der Waals surface area contributed by atoms with E-state index in [9.17, 15) is 19.5 Å². The van der Waals surface area contributed by atoms with Gasteiger partial charge in [-0.15, -0.1) is 0 Å². The minimum Gasteiger partial charge on any atom is -0.459 e. The minimum absolute atomic E-state index is 0.0828. The van der Waals surface area contributed by atoms with E-state index in [4.69, 9.17) is 23.7 Å². The highest BCUT2D eigenvalue weighted by molar-refractivity contribution is 5.79. The van der Waals surface area contributed by atoms with Gasteiger partial charge in [0.05, 0.1) is 23.0 Å². The Morgan fingerprint density at radius 1 is 0.921 bits per heavy atom. The van der Waals surface area contributed by atoms with Gasteiger partial charge in [-0.25, -0.2) is 4.79 Å². The third-order valence-corrected chi connectivity index (χ3v) is 8.73. The van der Waals surface area contributed by atoms with E-state index in [-0.39, 0.29) is 18.2 Å². The van der Waals surface area contributed by atoms with Crippen LogP contribution in [0.5, 0.6) is 0 Å². The lowest BCUT2D eigenvalue weighted by atomic mass is 9.52. The van der Waals surface area contributed by atoms with E-state index in [1.54, 1.807) is 13.8 Å². The quantitative estimate of drug-likeness (QED) is 0.355. The summed E-state index contributed by atoms with van der Waals surface area (Å²) in [5, 5.41) is 10.6. The van der Waals surface area contributed by atoms with Gasteiger partial charge in [0.25, 0.3) is 0 Å². The number of esters is 3. The standard InChI is InChI=1S/C16H26O3.C13H22O6/c1-4-14(2,3)13(17)19-16-8-11-5-12(9-16)7-15(18,6-11)10-16;1-4-13(2,3)12(15)18-8-10(14)19-11-9-16-6-5-7-17-11/h11-12,18H,4-10H2,1-3H3;11H,4-9H2,1-3H3. The summed E-state index contributed by atoms with van der Waals surface area (Å²) in [4.78, 5) is 35.6. The van der Waals surface area contributed by atoms with Crippen LogP contribution in [0.1, 0.15) is 99.3 Å². The van der Waals surface area contributed by atoms with E-state index in [1.165, 1.54) is 6.42 Å². The first-order valence-electron chi connectivity index (χ1n) is 14.2. The smallest absolute Gasteiger partial charge is 0.346 e. The van der Waals surface area contributed by atoms with Gasteiger partial charge in [-0.05, 0) is 90.9 Å². The zero-order valence-corrected chi connectivity index (χ0v) is 24.1. The maximum absolute atomic E-state index is 12.4. The molecule has 5 rings (SSSR count). The molecule has 0 aromatic carbocycles. The Bertz CT molecular complexity index is 827. The Morgan fingerprint density at radius 2 is 1.53 bits per heavy atom. The molecule has 0 radical (unpaired) electrons. The lowest BCUT2D eigenvalue weighted by Crippen LogP contribution is -2.61. The number of hydrogen-bond acceptors (Lipinski definition) is 9. The summed E-state index contributed by atoms with van der Waals surface area (Å²) in [5.74, 6) is -0.00568. The summed E-state index contributed by atoms with van der Waals surface area (Å²) >= 11 is 0. The first-order valence-corrected chi connectivity index (χ1v) is 14.2. The van der Waals surface area contributed by atoms with Gasteiger partial charge < -0.3 is 28.8 Å². The van der Waals surface area contributed by atoms with Crippen molar-refractivity contribution in [3.8, 4) is 0 Å². The van der Waals surface area contributed by atoms with E-state index in [2.05, 4.69) is 0 Å². The summed E-state index contributed by atoms with van der Waals surface area (Å²) < 4.78 is 26.4. The number of carbonyl (C=O) groups is 3. The molecule has 5 aliphatic rings. The van der Waals surface area contributed by atoms with E-state index < -0.39 is 41.3 Å². The predicted molar refractivity (Wildman–Crippen MR) is 139 cm³/mol. The zero-order chi connectivity index (χ0) is 28.2. The number of ether oxygens (including phenoxy) is 5. The first-order chi connectivity index (χ1) is 17.7. The molecule has 0 amide bonds. The van der Waals surface area contributed by atoms with Crippen molar-refractivity contribution < 1.29 is 43.2 Å². The first kappa shape index (κ1) is 30.8. The maximum Gasteiger partial charge on any atom is 0.346 e. The van der Waals surface area contributed by atoms with E-state index in [0.29, 0.717) is 37.9 Å². The van der Waals surface area contributed by atoms with Crippen molar-refractivity contribution in [2.24, 2.45) is 22.7 Å². The van der Waals surface area contributed by atoms with Gasteiger partial charge >= 0.3 is 17.9 Å². The summed E-state index contributed by atoms with van der Waals surface area (Å²) in [6, 6.07) is 0. The van der Waals surface area contributed by atoms with E-state index in [0.717, 1.165) is 38.5 Å². The fraction of sp³-hybridized carbons (Fsp3) is 0.897. The molecule has 0 aromatic rings. The van der Waals surface area contributed by atoms with Crippen molar-refractivity contribution in [2.75, 3.05) is 26.4 Å². The Kier molecular flexibility index (Phi) is 9.91. The number of rotatable bonds is 8. The lowest BCUT2D eigenvalue weighted by Gasteiger charge is -2.59. The van der Waals surface area contributed by atoms with Crippen molar-refractivity contribution in [1.29, 1.82) is 0 Å². The van der Waals surface area contributed by atoms with Crippen molar-refractivity contribution in [2.45, 2.75) is 117 Å². The maximum atomic E-state index is 12.4. The molecule has 9 nitrogen and oxygen atoms in total. The second kappa shape index (κ2) is 12.2. The summed E-state index contributed by atoms with van der Waals surface area (Å²) in [6.07, 6.45) is 7.15. The van der Waals surface area contributed by atoms with Gasteiger partial charge in [-0.3, -0.25) is 9.59 Å². The number of aliphatic hydroxyl groups is 1. The number of carbonyl (C=O) groups excluding carboxylic acids is 3. The van der Waals surface area contributed by atoms with Crippen LogP contribution >= 0.6 is 0 Å². The second-order valence-electron chi connectivity index (χ2n) is 13.0. The van der Waals surface area contributed by atoms with Crippen molar-refractivity contribution in [3.05, 3.63) is 0 Å². The molecular formula is C29H48O9. The van der Waals surface area contributed by atoms with Gasteiger partial charge in [-0.2, -0.15) is 0 Å². The normalized spacial score (nSPS) is 32.4. The monoisotopic (exact) mass is 540 g/mol. The van der Waals surface area contributed by atoms with Crippen LogP contribution in [0.4, 0.5) is 0 Å². The summed E-state index contributed by atoms with van der Waals surface area (Å²) in [7, 11) is 0. The second-order valence-corrected chi connectivity index (χ2v) is 13.0. The average molecular weight is 541 g/mol. The molecule has 0 spiro atoms. The molecule has 5 fully saturated rings. The SMILES string of the molecule is CCC(C)(C)C(=O)OC12CC3CC(CC(O)(C3)C1)C2.CCC(C)(C)C(=O)OCC(=O)OC1COCCCO1. The summed E-state index contributed by atoms with van der Waals surface area (Å²) in [5.41, 5.74) is -1.92. The van der Waals surface area contributed by atoms with Crippen molar-refractivity contribution in [3.63, 3.8) is 0 Å². The van der Waals surface area contributed by atoms with Crippen LogP contribution in [0.3, 0.4) is 0 Å². The highest BCUT2D eigenvalue weighted by Gasteiger charge is 2.59. The van der Waals surface area contributed by atoms with Gasteiger partial charge in [0.1, 0.15) is 12.2 Å². The van der Waals surface area contributed by atoms with Crippen LogP contribution in [-0.4, -0.2) is 66.9 Å². The van der Waals surface area contributed by atoms with Crippen LogP contribution in [0.2, 0.25) is 0 Å². The van der Waals surface area contributed by atoms with Crippen LogP contribution in [0, 0.1) is 22.7 Å². The fourth-order valence-corrected chi connectivity index (χ4v) is 6.05. The molecule has 1 heterocycles. The van der Waals surface area contributed by atoms with Gasteiger partial charge in [0.2, 0.25) is 6.29 Å². The topological polar surface area (TPSA) is 118 Å². The molecule has 0 aromatic heterocycles. The minimum atomic E-state index is -0.715. The van der Waals surface area contributed by atoms with E-state index >= 15 is 0 Å². The Labute approximate surface area is 227 Å². The van der Waals surface area contributed by atoms with Crippen molar-refractivity contribution in [1.82, 2.24) is 0 Å². The largest absolute Gasteiger partial charge is 0.459 e. The molecule has 9 heteroatoms. The van der Waals surface area contributed by atoms with E-state index in [1.807, 2.05) is 27.7 Å². The summed E-state index contributed by atoms with van der Waals surface area (Å²) in [6.45, 7) is 12.2. The Balaban J connectivity index is 0.000000211. The lowest BCUT2D eigenvalue weighted by molar-refractivity contribution is -0.225. The highest BCUT2D eigenvalue weighted by atomic mass is 16.7. The van der Waals surface area contributed by atoms with Gasteiger partial charge in [0, 0.05) is 13.0 Å². The van der Waals surface area contributed by atoms with Crippen LogP contribution in [-0.2, 0) is 38.1 Å². The molecule has 38 heavy (non-hydrogen) atoms. The Hall–Kier alpha value is -1.71. The molecule has 218 valence electrons. The molecule has 4 aliphatic carbocycles. The van der Waals surface area contributed by atoms with Gasteiger partial charge in [-0.1, -0.05) is 13.8 Å². The van der Waals surface area contributed by atoms with Crippen molar-refractivity contribution >= 4 is 17.9 Å². The van der Waals surface area contributed by atoms with Crippen LogP contribution < -0.4 is 0 Å². The molecule has 3 atom stereocenters. The van der Waals surface area contributed by atoms with Crippen LogP contribution in [0.25, 0.3) is 0 Å². The van der Waals surface area contributed by atoms with Gasteiger partial charge in [0.15, 0.2) is 6.61 Å². The average Bonchev–Trinajstić information content (AvgIpc) is 3.09. The fourth-order valence-electron chi connectivity index (χ4n) is 6.05. The zero-order valence-electron chi connectivity index (χ0n) is 24.1. The third kappa shape index (κ3) is 7.92. The molecule has 1 N–H and O–H groups in total. The molecule has 4 bridgehead atoms. The Morgan fingerprint density at radius 3 is 2.11 bits per heavy atom. The third-order valence-electron chi connectivity index (χ3n) is 8.73. The predicted octanol–water partition coefficient (Wildman–Crippen LogP) is 4.32. The molecule has 1 saturated heterocycles. The molecule has 1 aliphatic heterocycles. The highest BCUT2D eigenvalue weighted by Crippen LogP contribution is 2.59. The molecule has 3 unspecified atom stereocenters. The molecular weight excluding hydrogens is 492 g/mol. The van der Waals surface area contributed by atoms with Crippen LogP contribution in [0.15, 0.2) is 0 Å².